The van der Waals surface area contributed by atoms with Gasteiger partial charge in [-0.2, -0.15) is 4.98 Å². The molecule has 9 nitrogen and oxygen atoms in total. The fourth-order valence-electron chi connectivity index (χ4n) is 3.77. The average molecular weight is 415 g/mol. The Hall–Kier alpha value is -3.98. The number of para-hydroxylation sites is 1. The first-order valence-corrected chi connectivity index (χ1v) is 9.94. The summed E-state index contributed by atoms with van der Waals surface area (Å²) < 4.78 is 7.28. The van der Waals surface area contributed by atoms with Crippen LogP contribution in [0.25, 0.3) is 17.0 Å². The van der Waals surface area contributed by atoms with Crippen molar-refractivity contribution in [3.8, 4) is 5.95 Å². The lowest BCUT2D eigenvalue weighted by Crippen LogP contribution is -2.19. The van der Waals surface area contributed by atoms with Gasteiger partial charge in [0.1, 0.15) is 11.3 Å². The van der Waals surface area contributed by atoms with Gasteiger partial charge in [-0.05, 0) is 17.7 Å². The number of amides is 1. The van der Waals surface area contributed by atoms with Gasteiger partial charge in [0.25, 0.3) is 5.91 Å². The molecule has 0 atom stereocenters. The van der Waals surface area contributed by atoms with E-state index in [1.54, 1.807) is 16.7 Å². The molecular formula is C22H21N7O2. The molecule has 2 aromatic carbocycles. The van der Waals surface area contributed by atoms with Crippen LogP contribution in [0.1, 0.15) is 27.2 Å². The summed E-state index contributed by atoms with van der Waals surface area (Å²) in [5.41, 5.74) is 16.0. The van der Waals surface area contributed by atoms with E-state index in [0.717, 1.165) is 16.8 Å². The van der Waals surface area contributed by atoms with E-state index < -0.39 is 5.91 Å². The van der Waals surface area contributed by atoms with Crippen LogP contribution >= 0.6 is 0 Å². The van der Waals surface area contributed by atoms with Crippen LogP contribution in [0.2, 0.25) is 0 Å². The normalized spacial score (nSPS) is 13.2. The van der Waals surface area contributed by atoms with Crippen LogP contribution in [0.3, 0.4) is 0 Å². The number of nitrogens with zero attached hydrogens (tertiary/aromatic N) is 4. The highest BCUT2D eigenvalue weighted by molar-refractivity contribution is 6.04. The largest absolute Gasteiger partial charge is 0.376 e. The molecule has 9 heteroatoms. The lowest BCUT2D eigenvalue weighted by atomic mass is 10.1. The quantitative estimate of drug-likeness (QED) is 0.455. The van der Waals surface area contributed by atoms with Crippen molar-refractivity contribution in [1.29, 1.82) is 0 Å². The molecule has 0 saturated heterocycles. The maximum Gasteiger partial charge on any atom is 0.250 e. The Bertz CT molecular complexity index is 1280. The molecule has 0 aliphatic carbocycles. The number of primary amides is 1. The summed E-state index contributed by atoms with van der Waals surface area (Å²) in [6.45, 7) is 1.64. The number of hydrogen-bond donors (Lipinski definition) is 3. The maximum absolute atomic E-state index is 11.8. The first-order valence-electron chi connectivity index (χ1n) is 9.94. The molecule has 5 rings (SSSR count). The van der Waals surface area contributed by atoms with Crippen molar-refractivity contribution in [2.24, 2.45) is 5.73 Å². The molecule has 1 aliphatic rings. The maximum atomic E-state index is 11.8. The van der Waals surface area contributed by atoms with E-state index in [4.69, 9.17) is 26.2 Å². The SMILES string of the molecule is NC(=O)c1cccc2c1nc(N)n2-c1nc2c(c(NCc3ccccc3)n1)COCC2. The molecule has 31 heavy (non-hydrogen) atoms. The monoisotopic (exact) mass is 415 g/mol. The molecule has 5 N–H and O–H groups in total. The summed E-state index contributed by atoms with van der Waals surface area (Å²) in [4.78, 5) is 25.7. The first kappa shape index (κ1) is 19.0. The average Bonchev–Trinajstić information content (AvgIpc) is 3.13. The number of hydrogen-bond acceptors (Lipinski definition) is 7. The minimum absolute atomic E-state index is 0.185. The van der Waals surface area contributed by atoms with Gasteiger partial charge in [0.15, 0.2) is 0 Å². The number of carbonyl (C=O) groups excluding carboxylic acids is 1. The smallest absolute Gasteiger partial charge is 0.250 e. The van der Waals surface area contributed by atoms with Crippen LogP contribution in [0, 0.1) is 0 Å². The third-order valence-corrected chi connectivity index (χ3v) is 5.29. The van der Waals surface area contributed by atoms with Crippen molar-refractivity contribution in [2.75, 3.05) is 17.7 Å². The summed E-state index contributed by atoms with van der Waals surface area (Å²) in [6, 6.07) is 15.2. The number of aromatic nitrogens is 4. The van der Waals surface area contributed by atoms with E-state index in [2.05, 4.69) is 10.3 Å². The number of nitrogens with one attached hydrogen (secondary N) is 1. The van der Waals surface area contributed by atoms with Crippen molar-refractivity contribution >= 4 is 28.7 Å². The zero-order chi connectivity index (χ0) is 21.4. The predicted octanol–water partition coefficient (Wildman–Crippen LogP) is 2.18. The van der Waals surface area contributed by atoms with Gasteiger partial charge in [-0.25, -0.2) is 14.5 Å². The number of ether oxygens (including phenoxy) is 1. The van der Waals surface area contributed by atoms with Gasteiger partial charge in [0, 0.05) is 18.5 Å². The Balaban J connectivity index is 1.62. The van der Waals surface area contributed by atoms with Crippen LogP contribution in [0.15, 0.2) is 48.5 Å². The molecule has 0 unspecified atom stereocenters. The lowest BCUT2D eigenvalue weighted by Gasteiger charge is -2.20. The van der Waals surface area contributed by atoms with E-state index in [0.29, 0.717) is 54.5 Å². The van der Waals surface area contributed by atoms with Crippen molar-refractivity contribution < 1.29 is 9.53 Å². The number of anilines is 2. The number of nitrogens with two attached hydrogens (primary N) is 2. The second kappa shape index (κ2) is 7.69. The van der Waals surface area contributed by atoms with E-state index in [1.807, 2.05) is 36.4 Å². The van der Waals surface area contributed by atoms with Crippen LogP contribution in [-0.2, 0) is 24.3 Å². The van der Waals surface area contributed by atoms with Crippen LogP contribution < -0.4 is 16.8 Å². The number of fused-ring (bicyclic) bond motifs is 2. The van der Waals surface area contributed by atoms with E-state index >= 15 is 0 Å². The second-order valence-corrected chi connectivity index (χ2v) is 7.28. The van der Waals surface area contributed by atoms with Crippen molar-refractivity contribution in [3.63, 3.8) is 0 Å². The molecule has 2 aromatic heterocycles. The van der Waals surface area contributed by atoms with Gasteiger partial charge in [-0.3, -0.25) is 4.79 Å². The van der Waals surface area contributed by atoms with Crippen LogP contribution in [0.5, 0.6) is 0 Å². The van der Waals surface area contributed by atoms with Crippen molar-refractivity contribution in [1.82, 2.24) is 19.5 Å². The van der Waals surface area contributed by atoms with Crippen molar-refractivity contribution in [2.45, 2.75) is 19.6 Å². The molecule has 0 saturated carbocycles. The third-order valence-electron chi connectivity index (χ3n) is 5.29. The molecule has 0 bridgehead atoms. The molecule has 0 fully saturated rings. The van der Waals surface area contributed by atoms with E-state index in [9.17, 15) is 4.79 Å². The van der Waals surface area contributed by atoms with E-state index in [-0.39, 0.29) is 5.95 Å². The summed E-state index contributed by atoms with van der Waals surface area (Å²) in [5, 5.41) is 3.41. The highest BCUT2D eigenvalue weighted by Gasteiger charge is 2.22. The number of carbonyl (C=O) groups is 1. The Labute approximate surface area is 178 Å². The van der Waals surface area contributed by atoms with Gasteiger partial charge in [-0.15, -0.1) is 0 Å². The number of benzene rings is 2. The minimum atomic E-state index is -0.566. The molecule has 156 valence electrons. The summed E-state index contributed by atoms with van der Waals surface area (Å²) in [7, 11) is 0. The van der Waals surface area contributed by atoms with Gasteiger partial charge in [0.05, 0.1) is 30.0 Å². The summed E-state index contributed by atoms with van der Waals surface area (Å²) >= 11 is 0. The molecule has 0 radical (unpaired) electrons. The highest BCUT2D eigenvalue weighted by Crippen LogP contribution is 2.28. The summed E-state index contributed by atoms with van der Waals surface area (Å²) in [6.07, 6.45) is 0.671. The minimum Gasteiger partial charge on any atom is -0.376 e. The van der Waals surface area contributed by atoms with Crippen LogP contribution in [0.4, 0.5) is 11.8 Å². The number of imidazole rings is 1. The van der Waals surface area contributed by atoms with Crippen LogP contribution in [-0.4, -0.2) is 32.0 Å². The molecule has 1 aliphatic heterocycles. The third kappa shape index (κ3) is 3.44. The first-order chi connectivity index (χ1) is 15.1. The van der Waals surface area contributed by atoms with Gasteiger partial charge < -0.3 is 21.5 Å². The standard InChI is InChI=1S/C22H21N7O2/c23-19(30)14-7-4-8-17-18(14)27-21(24)29(17)22-26-16-9-10-31-12-15(16)20(28-22)25-11-13-5-2-1-3-6-13/h1-8H,9-12H2,(H2,23,30)(H2,24,27)(H,25,26,28). The summed E-state index contributed by atoms with van der Waals surface area (Å²) in [5.74, 6) is 0.697. The zero-order valence-electron chi connectivity index (χ0n) is 16.7. The second-order valence-electron chi connectivity index (χ2n) is 7.28. The highest BCUT2D eigenvalue weighted by atomic mass is 16.5. The molecule has 4 aromatic rings. The topological polar surface area (TPSA) is 134 Å². The lowest BCUT2D eigenvalue weighted by molar-refractivity contribution is 0.100. The van der Waals surface area contributed by atoms with E-state index in [1.165, 1.54) is 0 Å². The zero-order valence-corrected chi connectivity index (χ0v) is 16.7. The Morgan fingerprint density at radius 1 is 1.10 bits per heavy atom. The Kier molecular flexibility index (Phi) is 4.72. The number of nitrogen functional groups attached to an aromatic ring is 1. The molecular weight excluding hydrogens is 394 g/mol. The predicted molar refractivity (Wildman–Crippen MR) is 117 cm³/mol. The molecule has 0 spiro atoms. The fraction of sp³-hybridized carbons (Fsp3) is 0.182. The van der Waals surface area contributed by atoms with Gasteiger partial charge >= 0.3 is 0 Å². The Morgan fingerprint density at radius 2 is 1.94 bits per heavy atom. The molecule has 3 heterocycles. The fourth-order valence-corrected chi connectivity index (χ4v) is 3.77. The van der Waals surface area contributed by atoms with Gasteiger partial charge in [-0.1, -0.05) is 36.4 Å². The number of rotatable bonds is 5. The van der Waals surface area contributed by atoms with Crippen molar-refractivity contribution in [3.05, 3.63) is 70.9 Å². The van der Waals surface area contributed by atoms with Gasteiger partial charge in [0.2, 0.25) is 11.9 Å². The Morgan fingerprint density at radius 3 is 2.74 bits per heavy atom. The molecule has 1 amide bonds.